The molecule has 8 nitrogen and oxygen atoms in total. The number of non-ortho nitro benzene ring substituents is 1. The number of nitro benzene ring substituents is 1. The van der Waals surface area contributed by atoms with E-state index in [-0.39, 0.29) is 24.3 Å². The molecule has 0 saturated carbocycles. The minimum Gasteiger partial charge on any atom is -0.430 e. The predicted octanol–water partition coefficient (Wildman–Crippen LogP) is 3.21. The number of carbonyl (C=O) groups is 1. The van der Waals surface area contributed by atoms with E-state index in [0.717, 1.165) is 25.9 Å². The van der Waals surface area contributed by atoms with Gasteiger partial charge in [0.1, 0.15) is 12.4 Å². The van der Waals surface area contributed by atoms with Crippen LogP contribution in [0.25, 0.3) is 0 Å². The summed E-state index contributed by atoms with van der Waals surface area (Å²) in [6.45, 7) is 1.15. The molecule has 1 saturated heterocycles. The first-order valence-electron chi connectivity index (χ1n) is 7.62. The van der Waals surface area contributed by atoms with Crippen molar-refractivity contribution >= 4 is 11.8 Å². The maximum atomic E-state index is 11.4. The lowest BCUT2D eigenvalue weighted by Gasteiger charge is -2.21. The molecule has 8 heteroatoms. The molecular weight excluding hydrogens is 318 g/mol. The third-order valence-electron chi connectivity index (χ3n) is 3.23. The van der Waals surface area contributed by atoms with Crippen molar-refractivity contribution in [2.75, 3.05) is 19.8 Å². The van der Waals surface area contributed by atoms with Gasteiger partial charge >= 0.3 is 6.16 Å². The van der Waals surface area contributed by atoms with Crippen molar-refractivity contribution in [3.8, 4) is 5.75 Å². The zero-order valence-corrected chi connectivity index (χ0v) is 13.1. The quantitative estimate of drug-likeness (QED) is 0.248. The molecule has 1 heterocycles. The lowest BCUT2D eigenvalue weighted by molar-refractivity contribution is -0.384. The van der Waals surface area contributed by atoms with E-state index < -0.39 is 11.1 Å². The van der Waals surface area contributed by atoms with Gasteiger partial charge in [0, 0.05) is 18.7 Å². The molecule has 0 N–H and O–H groups in total. The number of nitrogens with zero attached hydrogens (tertiary/aromatic N) is 1. The average molecular weight is 337 g/mol. The molecule has 1 aliphatic heterocycles. The highest BCUT2D eigenvalue weighted by Crippen LogP contribution is 2.17. The summed E-state index contributed by atoms with van der Waals surface area (Å²) in [5.74, 6) is 0.173. The van der Waals surface area contributed by atoms with Gasteiger partial charge in [0.25, 0.3) is 5.69 Å². The van der Waals surface area contributed by atoms with Crippen LogP contribution in [-0.2, 0) is 14.2 Å². The Kier molecular flexibility index (Phi) is 7.19. The summed E-state index contributed by atoms with van der Waals surface area (Å²) < 4.78 is 20.6. The van der Waals surface area contributed by atoms with Crippen LogP contribution in [0.1, 0.15) is 19.3 Å². The summed E-state index contributed by atoms with van der Waals surface area (Å²) in [6, 6.07) is 5.14. The molecule has 0 aliphatic carbocycles. The van der Waals surface area contributed by atoms with Gasteiger partial charge in [-0.2, -0.15) is 0 Å². The van der Waals surface area contributed by atoms with Gasteiger partial charge < -0.3 is 18.9 Å². The Bertz CT molecular complexity index is 564. The van der Waals surface area contributed by atoms with Crippen molar-refractivity contribution in [2.24, 2.45) is 0 Å². The molecule has 24 heavy (non-hydrogen) atoms. The van der Waals surface area contributed by atoms with Crippen LogP contribution in [0, 0.1) is 10.1 Å². The van der Waals surface area contributed by atoms with E-state index in [1.165, 1.54) is 24.3 Å². The van der Waals surface area contributed by atoms with E-state index in [2.05, 4.69) is 0 Å². The number of carbonyl (C=O) groups excluding carboxylic acids is 1. The average Bonchev–Trinajstić information content (AvgIpc) is 2.59. The molecule has 2 rings (SSSR count). The van der Waals surface area contributed by atoms with Crippen molar-refractivity contribution < 1.29 is 28.7 Å². The molecule has 0 amide bonds. The number of hydrogen-bond acceptors (Lipinski definition) is 7. The largest absolute Gasteiger partial charge is 0.514 e. The molecule has 0 spiro atoms. The van der Waals surface area contributed by atoms with Crippen LogP contribution in [0.4, 0.5) is 10.5 Å². The molecule has 1 aromatic rings. The fraction of sp³-hybridized carbons (Fsp3) is 0.438. The second-order valence-corrected chi connectivity index (χ2v) is 5.01. The molecular formula is C16H19NO7. The van der Waals surface area contributed by atoms with E-state index in [9.17, 15) is 14.9 Å². The molecule has 1 aromatic carbocycles. The van der Waals surface area contributed by atoms with Gasteiger partial charge in [-0.1, -0.05) is 6.08 Å². The Balaban J connectivity index is 1.60. The van der Waals surface area contributed by atoms with Crippen molar-refractivity contribution in [1.82, 2.24) is 0 Å². The first kappa shape index (κ1) is 17.9. The highest BCUT2D eigenvalue weighted by atomic mass is 16.7. The predicted molar refractivity (Wildman–Crippen MR) is 83.8 cm³/mol. The first-order chi connectivity index (χ1) is 11.6. The van der Waals surface area contributed by atoms with Gasteiger partial charge in [-0.15, -0.1) is 0 Å². The second-order valence-electron chi connectivity index (χ2n) is 5.01. The third kappa shape index (κ3) is 6.35. The highest BCUT2D eigenvalue weighted by Gasteiger charge is 2.12. The molecule has 0 aromatic heterocycles. The number of hydrogen-bond donors (Lipinski definition) is 0. The van der Waals surface area contributed by atoms with Gasteiger partial charge in [0.15, 0.2) is 6.29 Å². The summed E-state index contributed by atoms with van der Waals surface area (Å²) in [5, 5.41) is 10.5. The van der Waals surface area contributed by atoms with Gasteiger partial charge in [-0.3, -0.25) is 10.1 Å². The van der Waals surface area contributed by atoms with Crippen molar-refractivity contribution in [2.45, 2.75) is 25.6 Å². The Morgan fingerprint density at radius 1 is 1.25 bits per heavy atom. The maximum Gasteiger partial charge on any atom is 0.514 e. The molecule has 0 radical (unpaired) electrons. The Morgan fingerprint density at radius 2 is 2.00 bits per heavy atom. The summed E-state index contributed by atoms with van der Waals surface area (Å²) >= 11 is 0. The smallest absolute Gasteiger partial charge is 0.430 e. The Morgan fingerprint density at radius 3 is 2.67 bits per heavy atom. The van der Waals surface area contributed by atoms with Crippen LogP contribution < -0.4 is 4.74 Å². The monoisotopic (exact) mass is 337 g/mol. The molecule has 1 aliphatic rings. The van der Waals surface area contributed by atoms with Crippen LogP contribution in [0.15, 0.2) is 36.4 Å². The minimum atomic E-state index is -0.884. The Labute approximate surface area is 139 Å². The van der Waals surface area contributed by atoms with Gasteiger partial charge in [-0.05, 0) is 37.5 Å². The summed E-state index contributed by atoms with van der Waals surface area (Å²) in [6.07, 6.45) is 5.40. The van der Waals surface area contributed by atoms with E-state index in [4.69, 9.17) is 18.9 Å². The van der Waals surface area contributed by atoms with Gasteiger partial charge in [-0.25, -0.2) is 4.79 Å². The fourth-order valence-corrected chi connectivity index (χ4v) is 2.02. The molecule has 1 fully saturated rings. The lowest BCUT2D eigenvalue weighted by atomic mass is 10.2. The van der Waals surface area contributed by atoms with Crippen LogP contribution >= 0.6 is 0 Å². The molecule has 0 bridgehead atoms. The summed E-state index contributed by atoms with van der Waals surface area (Å²) in [5.41, 5.74) is -0.0828. The fourth-order valence-electron chi connectivity index (χ4n) is 2.02. The van der Waals surface area contributed by atoms with Crippen molar-refractivity contribution in [3.63, 3.8) is 0 Å². The van der Waals surface area contributed by atoms with Gasteiger partial charge in [0.05, 0.1) is 11.5 Å². The standard InChI is InChI=1S/C16H19NO7/c18-16(24-14-8-6-13(7-9-14)17(19)20)23-12-4-3-11-22-15-5-1-2-10-21-15/h3-4,6-9,15H,1-2,5,10-12H2/b4-3+. The lowest BCUT2D eigenvalue weighted by Crippen LogP contribution is -2.22. The SMILES string of the molecule is O=C(OC/C=C/COC1CCCCO1)Oc1ccc([N+](=O)[O-])cc1. The van der Waals surface area contributed by atoms with Crippen LogP contribution in [0.5, 0.6) is 5.75 Å². The number of benzene rings is 1. The van der Waals surface area contributed by atoms with Crippen LogP contribution in [0.2, 0.25) is 0 Å². The molecule has 1 unspecified atom stereocenters. The summed E-state index contributed by atoms with van der Waals surface area (Å²) in [4.78, 5) is 21.4. The Hall–Kier alpha value is -2.45. The molecule has 1 atom stereocenters. The number of nitro groups is 1. The molecule has 130 valence electrons. The maximum absolute atomic E-state index is 11.4. The van der Waals surface area contributed by atoms with Crippen molar-refractivity contribution in [3.05, 3.63) is 46.5 Å². The van der Waals surface area contributed by atoms with E-state index in [1.54, 1.807) is 12.2 Å². The zero-order valence-electron chi connectivity index (χ0n) is 13.1. The zero-order chi connectivity index (χ0) is 17.2. The minimum absolute atomic E-state index is 0.0424. The van der Waals surface area contributed by atoms with E-state index >= 15 is 0 Å². The second kappa shape index (κ2) is 9.64. The first-order valence-corrected chi connectivity index (χ1v) is 7.62. The summed E-state index contributed by atoms with van der Waals surface area (Å²) in [7, 11) is 0. The van der Waals surface area contributed by atoms with Crippen LogP contribution in [-0.4, -0.2) is 37.2 Å². The van der Waals surface area contributed by atoms with E-state index in [1.807, 2.05) is 0 Å². The van der Waals surface area contributed by atoms with E-state index in [0.29, 0.717) is 6.61 Å². The van der Waals surface area contributed by atoms with Crippen LogP contribution in [0.3, 0.4) is 0 Å². The number of ether oxygens (including phenoxy) is 4. The van der Waals surface area contributed by atoms with Crippen molar-refractivity contribution in [1.29, 1.82) is 0 Å². The number of rotatable bonds is 7. The highest BCUT2D eigenvalue weighted by molar-refractivity contribution is 5.64. The normalized spacial score (nSPS) is 17.6. The topological polar surface area (TPSA) is 97.1 Å². The third-order valence-corrected chi connectivity index (χ3v) is 3.23. The van der Waals surface area contributed by atoms with Gasteiger partial charge in [0.2, 0.25) is 0 Å².